The van der Waals surface area contributed by atoms with Crippen LogP contribution in [0.2, 0.25) is 0 Å². The molecule has 0 aliphatic heterocycles. The quantitative estimate of drug-likeness (QED) is 0.224. The van der Waals surface area contributed by atoms with Gasteiger partial charge in [0.15, 0.2) is 5.78 Å². The van der Waals surface area contributed by atoms with Crippen LogP contribution >= 0.6 is 11.8 Å². The summed E-state index contributed by atoms with van der Waals surface area (Å²) in [6.45, 7) is 1.15. The maximum Gasteiger partial charge on any atom is 0.339 e. The first-order chi connectivity index (χ1) is 17.3. The number of Topliss-reactive ketones (excluding diaryl/α,β-unsaturated/α-hetero) is 2. The molecule has 0 saturated carbocycles. The van der Waals surface area contributed by atoms with E-state index in [1.807, 2.05) is 0 Å². The summed E-state index contributed by atoms with van der Waals surface area (Å²) in [6, 6.07) is 7.11. The fourth-order valence-corrected chi connectivity index (χ4v) is 4.78. The second-order valence-electron chi connectivity index (χ2n) is 7.79. The molecule has 0 saturated heterocycles. The molecule has 5 N–H and O–H groups in total. The van der Waals surface area contributed by atoms with E-state index in [-0.39, 0.29) is 34.3 Å². The van der Waals surface area contributed by atoms with E-state index in [9.17, 15) is 37.5 Å². The minimum absolute atomic E-state index is 0.0815. The number of phenols is 1. The van der Waals surface area contributed by atoms with E-state index < -0.39 is 57.4 Å². The predicted molar refractivity (Wildman–Crippen MR) is 132 cm³/mol. The first kappa shape index (κ1) is 29.5. The predicted octanol–water partition coefficient (Wildman–Crippen LogP) is 1.03. The van der Waals surface area contributed by atoms with Gasteiger partial charge in [-0.3, -0.25) is 19.2 Å². The molecule has 0 bridgehead atoms. The number of benzene rings is 2. The Bertz CT molecular complexity index is 1310. The molecule has 12 nitrogen and oxygen atoms in total. The number of carboxylic acid groups (broad SMARTS) is 2. The van der Waals surface area contributed by atoms with Gasteiger partial charge in [0.2, 0.25) is 10.0 Å². The summed E-state index contributed by atoms with van der Waals surface area (Å²) < 4.78 is 27.3. The minimum atomic E-state index is -4.13. The number of hydrogen-bond acceptors (Lipinski definition) is 9. The number of aliphatic carboxylic acids is 1. The van der Waals surface area contributed by atoms with E-state index in [0.717, 1.165) is 30.0 Å². The van der Waals surface area contributed by atoms with Gasteiger partial charge in [-0.1, -0.05) is 12.1 Å². The Balaban J connectivity index is 2.04. The molecule has 37 heavy (non-hydrogen) atoms. The number of ketones is 2. The van der Waals surface area contributed by atoms with Gasteiger partial charge in [0.1, 0.15) is 17.1 Å². The highest BCUT2D eigenvalue weighted by molar-refractivity contribution is 8.00. The van der Waals surface area contributed by atoms with E-state index >= 15 is 0 Å². The Kier molecular flexibility index (Phi) is 10.3. The molecule has 2 aromatic carbocycles. The van der Waals surface area contributed by atoms with Crippen molar-refractivity contribution in [2.24, 2.45) is 0 Å². The fourth-order valence-electron chi connectivity index (χ4n) is 2.95. The summed E-state index contributed by atoms with van der Waals surface area (Å²) in [5, 5.41) is 30.0. The van der Waals surface area contributed by atoms with E-state index in [1.54, 1.807) is 0 Å². The summed E-state index contributed by atoms with van der Waals surface area (Å²) in [7, 11) is -4.13. The van der Waals surface area contributed by atoms with Crippen LogP contribution in [0.5, 0.6) is 5.75 Å². The molecular formula is C23H24N2O10S2. The van der Waals surface area contributed by atoms with Crippen LogP contribution in [0.3, 0.4) is 0 Å². The molecule has 198 valence electrons. The highest BCUT2D eigenvalue weighted by Gasteiger charge is 2.24. The normalized spacial score (nSPS) is 11.9. The summed E-state index contributed by atoms with van der Waals surface area (Å²) in [6.07, 6.45) is -0.633. The van der Waals surface area contributed by atoms with Crippen LogP contribution in [-0.2, 0) is 31.0 Å². The maximum absolute atomic E-state index is 12.6. The Hall–Kier alpha value is -3.75. The third-order valence-electron chi connectivity index (χ3n) is 4.81. The summed E-state index contributed by atoms with van der Waals surface area (Å²) in [5.74, 6) is -4.84. The summed E-state index contributed by atoms with van der Waals surface area (Å²) >= 11 is 1.02. The lowest BCUT2D eigenvalue weighted by Crippen LogP contribution is -2.43. The summed E-state index contributed by atoms with van der Waals surface area (Å²) in [5.41, 5.74) is -0.0395. The number of aromatic hydroxyl groups is 1. The van der Waals surface area contributed by atoms with Gasteiger partial charge >= 0.3 is 11.9 Å². The smallest absolute Gasteiger partial charge is 0.339 e. The average molecular weight is 553 g/mol. The topological polar surface area (TPSA) is 204 Å². The SMILES string of the molecule is CC(=O)CSCC(=O)[C@H](CC(=O)O)NC(=O)c1ccc(CNS(=O)(=O)c2ccc(O)c(C(=O)O)c2)cc1. The van der Waals surface area contributed by atoms with Gasteiger partial charge in [0, 0.05) is 12.1 Å². The van der Waals surface area contributed by atoms with Crippen molar-refractivity contribution in [1.29, 1.82) is 0 Å². The molecular weight excluding hydrogens is 528 g/mol. The van der Waals surface area contributed by atoms with Crippen molar-refractivity contribution in [3.63, 3.8) is 0 Å². The van der Waals surface area contributed by atoms with Crippen LogP contribution < -0.4 is 10.0 Å². The van der Waals surface area contributed by atoms with Gasteiger partial charge in [0.05, 0.1) is 28.9 Å². The van der Waals surface area contributed by atoms with Gasteiger partial charge in [-0.2, -0.15) is 0 Å². The second kappa shape index (κ2) is 13.0. The highest BCUT2D eigenvalue weighted by atomic mass is 32.2. The van der Waals surface area contributed by atoms with E-state index in [0.29, 0.717) is 5.56 Å². The van der Waals surface area contributed by atoms with Gasteiger partial charge in [0.25, 0.3) is 5.91 Å². The van der Waals surface area contributed by atoms with Crippen molar-refractivity contribution in [2.75, 3.05) is 11.5 Å². The van der Waals surface area contributed by atoms with Gasteiger partial charge in [-0.05, 0) is 42.8 Å². The van der Waals surface area contributed by atoms with E-state index in [2.05, 4.69) is 10.0 Å². The molecule has 2 aromatic rings. The Labute approximate surface area is 216 Å². The zero-order valence-electron chi connectivity index (χ0n) is 19.5. The molecule has 0 unspecified atom stereocenters. The lowest BCUT2D eigenvalue weighted by molar-refractivity contribution is -0.139. The first-order valence-electron chi connectivity index (χ1n) is 10.6. The molecule has 0 heterocycles. The van der Waals surface area contributed by atoms with Crippen molar-refractivity contribution in [1.82, 2.24) is 10.0 Å². The number of sulfonamides is 1. The zero-order chi connectivity index (χ0) is 27.8. The van der Waals surface area contributed by atoms with E-state index in [4.69, 9.17) is 10.2 Å². The lowest BCUT2D eigenvalue weighted by Gasteiger charge is -2.16. The van der Waals surface area contributed by atoms with Crippen molar-refractivity contribution in [3.8, 4) is 5.75 Å². The van der Waals surface area contributed by atoms with Crippen LogP contribution in [0.25, 0.3) is 0 Å². The molecule has 0 fully saturated rings. The number of carbonyl (C=O) groups is 5. The number of carbonyl (C=O) groups excluding carboxylic acids is 3. The van der Waals surface area contributed by atoms with Gasteiger partial charge < -0.3 is 20.6 Å². The van der Waals surface area contributed by atoms with Gasteiger partial charge in [-0.25, -0.2) is 17.9 Å². The number of hydrogen-bond donors (Lipinski definition) is 5. The average Bonchev–Trinajstić information content (AvgIpc) is 2.82. The summed E-state index contributed by atoms with van der Waals surface area (Å²) in [4.78, 5) is 57.8. The molecule has 0 radical (unpaired) electrons. The largest absolute Gasteiger partial charge is 0.507 e. The number of aromatic carboxylic acids is 1. The van der Waals surface area contributed by atoms with Crippen LogP contribution in [0.1, 0.15) is 39.6 Å². The number of amides is 1. The molecule has 2 rings (SSSR count). The zero-order valence-corrected chi connectivity index (χ0v) is 21.1. The highest BCUT2D eigenvalue weighted by Crippen LogP contribution is 2.21. The maximum atomic E-state index is 12.6. The van der Waals surface area contributed by atoms with E-state index in [1.165, 1.54) is 31.2 Å². The third kappa shape index (κ3) is 9.00. The van der Waals surface area contributed by atoms with Crippen molar-refractivity contribution in [3.05, 3.63) is 59.2 Å². The number of carboxylic acids is 2. The monoisotopic (exact) mass is 552 g/mol. The van der Waals surface area contributed by atoms with Crippen molar-refractivity contribution >= 4 is 51.2 Å². The molecule has 0 aliphatic carbocycles. The van der Waals surface area contributed by atoms with Crippen molar-refractivity contribution < 1.29 is 47.7 Å². The molecule has 0 aromatic heterocycles. The molecule has 0 spiro atoms. The van der Waals surface area contributed by atoms with Crippen molar-refractivity contribution in [2.45, 2.75) is 30.8 Å². The Morgan fingerprint density at radius 2 is 1.62 bits per heavy atom. The number of rotatable bonds is 14. The molecule has 14 heteroatoms. The second-order valence-corrected chi connectivity index (χ2v) is 10.5. The number of nitrogens with one attached hydrogen (secondary N) is 2. The molecule has 1 amide bonds. The Morgan fingerprint density at radius 1 is 0.973 bits per heavy atom. The van der Waals surface area contributed by atoms with Crippen LogP contribution in [0.4, 0.5) is 0 Å². The minimum Gasteiger partial charge on any atom is -0.507 e. The fraction of sp³-hybridized carbons (Fsp3) is 0.261. The first-order valence-corrected chi connectivity index (χ1v) is 13.2. The lowest BCUT2D eigenvalue weighted by atomic mass is 10.1. The van der Waals surface area contributed by atoms with Gasteiger partial charge in [-0.15, -0.1) is 11.8 Å². The van der Waals surface area contributed by atoms with Crippen LogP contribution in [-0.4, -0.2) is 70.7 Å². The Morgan fingerprint density at radius 3 is 2.19 bits per heavy atom. The third-order valence-corrected chi connectivity index (χ3v) is 7.31. The van der Waals surface area contributed by atoms with Crippen LogP contribution in [0.15, 0.2) is 47.4 Å². The number of thioether (sulfide) groups is 1. The van der Waals surface area contributed by atoms with Crippen LogP contribution in [0, 0.1) is 0 Å². The molecule has 0 aliphatic rings. The standard InChI is InChI=1S/C23H24N2O10S2/c1-13(26)11-36-12-20(28)18(9-21(29)30)25-22(31)15-4-2-14(3-5-15)10-24-37(34,35)16-6-7-19(27)17(8-16)23(32)33/h2-8,18,24,27H,9-12H2,1H3,(H,25,31)(H,29,30)(H,32,33)/t18-/m0/s1. The molecule has 1 atom stereocenters.